The van der Waals surface area contributed by atoms with E-state index in [1.165, 1.54) is 32.1 Å². The molecule has 1 N–H and O–H groups in total. The van der Waals surface area contributed by atoms with Crippen molar-refractivity contribution in [3.63, 3.8) is 0 Å². The third-order valence-corrected chi connectivity index (χ3v) is 6.74. The number of ether oxygens (including phenoxy) is 2. The fourth-order valence-corrected chi connectivity index (χ4v) is 5.03. The fourth-order valence-electron chi connectivity index (χ4n) is 5.03. The van der Waals surface area contributed by atoms with Crippen LogP contribution in [0.2, 0.25) is 0 Å². The molecule has 1 aromatic heterocycles. The van der Waals surface area contributed by atoms with Crippen molar-refractivity contribution in [2.45, 2.75) is 62.8 Å². The molecule has 0 radical (unpaired) electrons. The number of hydrogen-bond donors (Lipinski definition) is 1. The van der Waals surface area contributed by atoms with Crippen molar-refractivity contribution in [3.8, 4) is 6.07 Å². The van der Waals surface area contributed by atoms with Gasteiger partial charge in [-0.2, -0.15) is 5.26 Å². The minimum atomic E-state index is -0.219. The van der Waals surface area contributed by atoms with Crippen LogP contribution in [0.1, 0.15) is 59.8 Å². The minimum Gasteiger partial charge on any atom is -0.371 e. The largest absolute Gasteiger partial charge is 0.371 e. The van der Waals surface area contributed by atoms with E-state index < -0.39 is 0 Å². The first-order chi connectivity index (χ1) is 15.2. The number of amides is 1. The van der Waals surface area contributed by atoms with Crippen LogP contribution >= 0.6 is 0 Å². The summed E-state index contributed by atoms with van der Waals surface area (Å²) in [6.45, 7) is 0.891. The van der Waals surface area contributed by atoms with E-state index in [1.807, 2.05) is 10.9 Å². The molecule has 5 rings (SSSR count). The molecule has 1 aliphatic carbocycles. The van der Waals surface area contributed by atoms with E-state index in [4.69, 9.17) is 14.7 Å². The molecule has 8 heteroatoms. The number of carbonyl (C=O) groups excluding carboxylic acids is 1. The van der Waals surface area contributed by atoms with Gasteiger partial charge in [0.2, 0.25) is 0 Å². The lowest BCUT2D eigenvalue weighted by atomic mass is 9.86. The molecule has 3 aliphatic rings. The number of benzene rings is 1. The standard InChI is InChI=1S/C23H27N5O3/c24-11-16-6-8-17(9-7-16)23(29)25-19-13-30-22-20(14-31-21(19)22)28-12-18(26-27-28)10-15-4-2-1-3-5-15/h6-9,12,15,19-22H,1-5,10,13-14H2,(H,25,29). The van der Waals surface area contributed by atoms with Crippen molar-refractivity contribution in [1.29, 1.82) is 5.26 Å². The van der Waals surface area contributed by atoms with E-state index in [2.05, 4.69) is 21.7 Å². The highest BCUT2D eigenvalue weighted by molar-refractivity contribution is 5.94. The average Bonchev–Trinajstić information content (AvgIpc) is 3.52. The van der Waals surface area contributed by atoms with E-state index in [1.54, 1.807) is 24.3 Å². The van der Waals surface area contributed by atoms with Gasteiger partial charge in [0, 0.05) is 11.8 Å². The van der Waals surface area contributed by atoms with E-state index in [9.17, 15) is 4.79 Å². The maximum Gasteiger partial charge on any atom is 0.251 e. The van der Waals surface area contributed by atoms with Gasteiger partial charge in [0.1, 0.15) is 18.2 Å². The second-order valence-corrected chi connectivity index (χ2v) is 8.83. The fraction of sp³-hybridized carbons (Fsp3) is 0.565. The van der Waals surface area contributed by atoms with Crippen LogP contribution in [0.4, 0.5) is 0 Å². The van der Waals surface area contributed by atoms with Crippen molar-refractivity contribution in [2.24, 2.45) is 5.92 Å². The van der Waals surface area contributed by atoms with Gasteiger partial charge in [-0.15, -0.1) is 5.10 Å². The van der Waals surface area contributed by atoms with Gasteiger partial charge in [0.05, 0.1) is 36.6 Å². The highest BCUT2D eigenvalue weighted by Gasteiger charge is 2.49. The molecule has 4 unspecified atom stereocenters. The zero-order valence-electron chi connectivity index (χ0n) is 17.4. The van der Waals surface area contributed by atoms with Gasteiger partial charge in [-0.25, -0.2) is 4.68 Å². The molecule has 1 amide bonds. The molecule has 4 atom stereocenters. The zero-order valence-corrected chi connectivity index (χ0v) is 17.4. The molecule has 0 spiro atoms. The Bertz CT molecular complexity index is 960. The van der Waals surface area contributed by atoms with Crippen molar-refractivity contribution in [1.82, 2.24) is 20.3 Å². The molecular weight excluding hydrogens is 394 g/mol. The second-order valence-electron chi connectivity index (χ2n) is 8.83. The van der Waals surface area contributed by atoms with Crippen molar-refractivity contribution < 1.29 is 14.3 Å². The van der Waals surface area contributed by atoms with Crippen molar-refractivity contribution in [3.05, 3.63) is 47.3 Å². The number of nitrogens with one attached hydrogen (secondary N) is 1. The van der Waals surface area contributed by atoms with Crippen LogP contribution < -0.4 is 5.32 Å². The number of fused-ring (bicyclic) bond motifs is 1. The first kappa shape index (κ1) is 20.2. The summed E-state index contributed by atoms with van der Waals surface area (Å²) in [5.41, 5.74) is 2.08. The molecule has 2 aromatic rings. The van der Waals surface area contributed by atoms with Gasteiger partial charge in [-0.1, -0.05) is 37.3 Å². The van der Waals surface area contributed by atoms with Crippen LogP contribution in [0.3, 0.4) is 0 Å². The highest BCUT2D eigenvalue weighted by atomic mass is 16.6. The van der Waals surface area contributed by atoms with Gasteiger partial charge in [0.15, 0.2) is 0 Å². The average molecular weight is 422 g/mol. The molecule has 3 heterocycles. The normalized spacial score (nSPS) is 28.2. The lowest BCUT2D eigenvalue weighted by molar-refractivity contribution is 0.0613. The molecule has 0 bridgehead atoms. The maximum absolute atomic E-state index is 12.6. The third kappa shape index (κ3) is 4.21. The molecule has 1 aromatic carbocycles. The summed E-state index contributed by atoms with van der Waals surface area (Å²) in [4.78, 5) is 12.6. The number of carbonyl (C=O) groups is 1. The minimum absolute atomic E-state index is 0.0329. The Hall–Kier alpha value is -2.76. The summed E-state index contributed by atoms with van der Waals surface area (Å²) in [6.07, 6.45) is 9.23. The molecule has 1 saturated carbocycles. The van der Waals surface area contributed by atoms with Crippen LogP contribution in [-0.4, -0.2) is 52.4 Å². The van der Waals surface area contributed by atoms with Crippen LogP contribution in [0, 0.1) is 17.2 Å². The summed E-state index contributed by atoms with van der Waals surface area (Å²) in [5.74, 6) is 0.525. The Labute approximate surface area is 181 Å². The predicted octanol–water partition coefficient (Wildman–Crippen LogP) is 2.41. The van der Waals surface area contributed by atoms with Crippen LogP contribution in [0.15, 0.2) is 30.5 Å². The van der Waals surface area contributed by atoms with E-state index >= 15 is 0 Å². The highest BCUT2D eigenvalue weighted by Crippen LogP contribution is 2.34. The Kier molecular flexibility index (Phi) is 5.70. The van der Waals surface area contributed by atoms with E-state index in [0.717, 1.165) is 18.0 Å². The zero-order chi connectivity index (χ0) is 21.2. The first-order valence-electron chi connectivity index (χ1n) is 11.2. The van der Waals surface area contributed by atoms with Gasteiger partial charge in [0.25, 0.3) is 5.91 Å². The summed E-state index contributed by atoms with van der Waals surface area (Å²) in [7, 11) is 0. The topological polar surface area (TPSA) is 102 Å². The van der Waals surface area contributed by atoms with Crippen molar-refractivity contribution >= 4 is 5.91 Å². The van der Waals surface area contributed by atoms with Crippen LogP contribution in [0.25, 0.3) is 0 Å². The lowest BCUT2D eigenvalue weighted by Gasteiger charge is -2.20. The Morgan fingerprint density at radius 2 is 1.90 bits per heavy atom. The lowest BCUT2D eigenvalue weighted by Crippen LogP contribution is -2.44. The van der Waals surface area contributed by atoms with E-state index in [-0.39, 0.29) is 30.2 Å². The third-order valence-electron chi connectivity index (χ3n) is 6.74. The summed E-state index contributed by atoms with van der Waals surface area (Å²) in [5, 5.41) is 20.7. The number of aromatic nitrogens is 3. The molecular formula is C23H27N5O3. The SMILES string of the molecule is N#Cc1ccc(C(=O)NC2COC3C2OCC3n2cc(CC3CCCCC3)nn2)cc1. The molecule has 2 aliphatic heterocycles. The number of nitriles is 1. The monoisotopic (exact) mass is 421 g/mol. The van der Waals surface area contributed by atoms with Gasteiger partial charge >= 0.3 is 0 Å². The van der Waals surface area contributed by atoms with Gasteiger partial charge in [-0.05, 0) is 36.6 Å². The Morgan fingerprint density at radius 1 is 1.13 bits per heavy atom. The number of hydrogen-bond acceptors (Lipinski definition) is 6. The molecule has 8 nitrogen and oxygen atoms in total. The molecule has 162 valence electrons. The van der Waals surface area contributed by atoms with Crippen molar-refractivity contribution in [2.75, 3.05) is 13.2 Å². The summed E-state index contributed by atoms with van der Waals surface area (Å²) >= 11 is 0. The summed E-state index contributed by atoms with van der Waals surface area (Å²) in [6, 6.07) is 8.39. The van der Waals surface area contributed by atoms with Crippen LogP contribution in [-0.2, 0) is 15.9 Å². The number of nitrogens with zero attached hydrogens (tertiary/aromatic N) is 4. The van der Waals surface area contributed by atoms with Crippen LogP contribution in [0.5, 0.6) is 0 Å². The van der Waals surface area contributed by atoms with Gasteiger partial charge in [-0.3, -0.25) is 4.79 Å². The quantitative estimate of drug-likeness (QED) is 0.795. The number of rotatable bonds is 5. The molecule has 31 heavy (non-hydrogen) atoms. The maximum atomic E-state index is 12.6. The Morgan fingerprint density at radius 3 is 2.68 bits per heavy atom. The Balaban J connectivity index is 1.20. The second kappa shape index (κ2) is 8.77. The van der Waals surface area contributed by atoms with E-state index in [0.29, 0.717) is 24.3 Å². The predicted molar refractivity (Wildman–Crippen MR) is 111 cm³/mol. The molecule has 2 saturated heterocycles. The first-order valence-corrected chi connectivity index (χ1v) is 11.2. The summed E-state index contributed by atoms with van der Waals surface area (Å²) < 4.78 is 13.9. The van der Waals surface area contributed by atoms with Gasteiger partial charge < -0.3 is 14.8 Å². The smallest absolute Gasteiger partial charge is 0.251 e. The molecule has 3 fully saturated rings.